The molecule has 2 aromatic carbocycles. The van der Waals surface area contributed by atoms with E-state index >= 15 is 0 Å². The Labute approximate surface area is 134 Å². The number of hydrogen-bond acceptors (Lipinski definition) is 4. The highest BCUT2D eigenvalue weighted by Crippen LogP contribution is 2.38. The highest BCUT2D eigenvalue weighted by Gasteiger charge is 2.16. The normalized spacial score (nSPS) is 13.0. The van der Waals surface area contributed by atoms with Gasteiger partial charge in [-0.3, -0.25) is 0 Å². The number of hydrogen-bond donors (Lipinski definition) is 1. The van der Waals surface area contributed by atoms with Crippen molar-refractivity contribution in [2.45, 2.75) is 10.9 Å². The number of benzene rings is 2. The van der Waals surface area contributed by atoms with E-state index in [1.807, 2.05) is 36.4 Å². The van der Waals surface area contributed by atoms with Crippen molar-refractivity contribution in [2.75, 3.05) is 6.79 Å². The van der Waals surface area contributed by atoms with Crippen LogP contribution in [0.4, 0.5) is 0 Å². The lowest BCUT2D eigenvalue weighted by atomic mass is 10.2. The lowest BCUT2D eigenvalue weighted by Gasteiger charge is -2.05. The zero-order valence-corrected chi connectivity index (χ0v) is 13.3. The molecule has 21 heavy (non-hydrogen) atoms. The van der Waals surface area contributed by atoms with Crippen LogP contribution in [0, 0.1) is 0 Å². The first-order valence-corrected chi connectivity index (χ1v) is 8.23. The van der Waals surface area contributed by atoms with Crippen LogP contribution in [-0.2, 0) is 5.75 Å². The molecule has 0 unspecified atom stereocenters. The minimum absolute atomic E-state index is 0.294. The third kappa shape index (κ3) is 2.49. The van der Waals surface area contributed by atoms with Crippen LogP contribution in [0.15, 0.2) is 46.0 Å². The monoisotopic (exact) mass is 362 g/mol. The quantitative estimate of drug-likeness (QED) is 0.703. The Hall–Kier alpha value is -1.66. The maximum atomic E-state index is 5.42. The molecule has 1 aliphatic heterocycles. The fourth-order valence-electron chi connectivity index (χ4n) is 2.21. The van der Waals surface area contributed by atoms with Crippen molar-refractivity contribution in [1.82, 2.24) is 9.97 Å². The van der Waals surface area contributed by atoms with Crippen molar-refractivity contribution >= 4 is 38.7 Å². The average molecular weight is 363 g/mol. The lowest BCUT2D eigenvalue weighted by molar-refractivity contribution is 0.174. The average Bonchev–Trinajstić information content (AvgIpc) is 3.09. The number of H-pyrrole nitrogens is 1. The van der Waals surface area contributed by atoms with Gasteiger partial charge in [0.1, 0.15) is 0 Å². The molecule has 1 aliphatic rings. The van der Waals surface area contributed by atoms with Crippen LogP contribution >= 0.6 is 27.7 Å². The second-order valence-electron chi connectivity index (χ2n) is 4.64. The van der Waals surface area contributed by atoms with Crippen LogP contribution in [0.5, 0.6) is 11.5 Å². The van der Waals surface area contributed by atoms with Gasteiger partial charge in [0.25, 0.3) is 0 Å². The maximum Gasteiger partial charge on any atom is 0.231 e. The van der Waals surface area contributed by atoms with Crippen molar-refractivity contribution in [3.8, 4) is 11.5 Å². The smallest absolute Gasteiger partial charge is 0.231 e. The highest BCUT2D eigenvalue weighted by atomic mass is 79.9. The van der Waals surface area contributed by atoms with Gasteiger partial charge in [-0.25, -0.2) is 4.98 Å². The number of thioether (sulfide) groups is 1. The fraction of sp³-hybridized carbons (Fsp3) is 0.133. The molecular weight excluding hydrogens is 352 g/mol. The van der Waals surface area contributed by atoms with Crippen LogP contribution < -0.4 is 9.47 Å². The Morgan fingerprint density at radius 2 is 2.00 bits per heavy atom. The first kappa shape index (κ1) is 13.0. The molecule has 2 heterocycles. The molecule has 0 bridgehead atoms. The number of nitrogens with one attached hydrogen (secondary N) is 1. The third-order valence-electron chi connectivity index (χ3n) is 3.27. The molecule has 6 heteroatoms. The zero-order chi connectivity index (χ0) is 14.2. The van der Waals surface area contributed by atoms with Crippen LogP contribution in [0.2, 0.25) is 0 Å². The number of imidazole rings is 1. The summed E-state index contributed by atoms with van der Waals surface area (Å²) in [6.07, 6.45) is 0. The van der Waals surface area contributed by atoms with Gasteiger partial charge in [-0.1, -0.05) is 39.8 Å². The fourth-order valence-corrected chi connectivity index (χ4v) is 3.74. The van der Waals surface area contributed by atoms with Gasteiger partial charge in [0, 0.05) is 10.2 Å². The van der Waals surface area contributed by atoms with Crippen molar-refractivity contribution in [1.29, 1.82) is 0 Å². The number of aromatic nitrogens is 2. The first-order chi connectivity index (χ1) is 10.3. The van der Waals surface area contributed by atoms with Gasteiger partial charge in [0.15, 0.2) is 16.7 Å². The van der Waals surface area contributed by atoms with Crippen LogP contribution in [-0.4, -0.2) is 16.8 Å². The van der Waals surface area contributed by atoms with Crippen molar-refractivity contribution < 1.29 is 9.47 Å². The summed E-state index contributed by atoms with van der Waals surface area (Å²) in [5, 5.41) is 0.917. The van der Waals surface area contributed by atoms with Gasteiger partial charge in [-0.15, -0.1) is 0 Å². The Morgan fingerprint density at radius 3 is 2.86 bits per heavy atom. The van der Waals surface area contributed by atoms with Gasteiger partial charge < -0.3 is 14.5 Å². The minimum atomic E-state index is 0.294. The summed E-state index contributed by atoms with van der Waals surface area (Å²) in [6.45, 7) is 0.294. The number of fused-ring (bicyclic) bond motifs is 2. The number of ether oxygens (including phenoxy) is 2. The molecule has 0 radical (unpaired) electrons. The summed E-state index contributed by atoms with van der Waals surface area (Å²) >= 11 is 5.24. The van der Waals surface area contributed by atoms with E-state index in [1.165, 1.54) is 0 Å². The molecule has 4 rings (SSSR count). The molecular formula is C15H11BrN2O2S. The molecule has 4 nitrogen and oxygen atoms in total. The minimum Gasteiger partial charge on any atom is -0.454 e. The number of para-hydroxylation sites is 2. The summed E-state index contributed by atoms with van der Waals surface area (Å²) in [5.41, 5.74) is 3.21. The number of nitrogens with zero attached hydrogens (tertiary/aromatic N) is 1. The summed E-state index contributed by atoms with van der Waals surface area (Å²) in [7, 11) is 0. The molecule has 0 aliphatic carbocycles. The van der Waals surface area contributed by atoms with E-state index in [-0.39, 0.29) is 0 Å². The standard InChI is InChI=1S/C15H11BrN2O2S/c16-10-6-14-13(19-8-20-14)5-9(10)7-21-15-17-11-3-1-2-4-12(11)18-15/h1-6H,7-8H2,(H,17,18). The topological polar surface area (TPSA) is 47.1 Å². The van der Waals surface area contributed by atoms with Crippen LogP contribution in [0.3, 0.4) is 0 Å². The Kier molecular flexibility index (Phi) is 3.27. The highest BCUT2D eigenvalue weighted by molar-refractivity contribution is 9.10. The summed E-state index contributed by atoms with van der Waals surface area (Å²) in [5.74, 6) is 2.40. The van der Waals surface area contributed by atoms with E-state index in [0.29, 0.717) is 6.79 Å². The van der Waals surface area contributed by atoms with E-state index in [1.54, 1.807) is 11.8 Å². The molecule has 1 aromatic heterocycles. The van der Waals surface area contributed by atoms with Gasteiger partial charge in [-0.2, -0.15) is 0 Å². The van der Waals surface area contributed by atoms with Crippen molar-refractivity contribution in [3.63, 3.8) is 0 Å². The van der Waals surface area contributed by atoms with Gasteiger partial charge in [0.2, 0.25) is 6.79 Å². The molecule has 106 valence electrons. The predicted molar refractivity (Wildman–Crippen MR) is 85.9 cm³/mol. The Balaban J connectivity index is 1.56. The van der Waals surface area contributed by atoms with Crippen molar-refractivity contribution in [3.05, 3.63) is 46.4 Å². The lowest BCUT2D eigenvalue weighted by Crippen LogP contribution is -1.92. The van der Waals surface area contributed by atoms with E-state index < -0.39 is 0 Å². The Bertz CT molecular complexity index is 786. The van der Waals surface area contributed by atoms with Crippen molar-refractivity contribution in [2.24, 2.45) is 0 Å². The SMILES string of the molecule is Brc1cc2c(cc1CSc1nc3ccccc3[nH]1)OCO2. The van der Waals surface area contributed by atoms with E-state index in [0.717, 1.165) is 43.5 Å². The molecule has 0 atom stereocenters. The molecule has 0 saturated carbocycles. The number of halogens is 1. The molecule has 0 fully saturated rings. The van der Waals surface area contributed by atoms with Gasteiger partial charge >= 0.3 is 0 Å². The predicted octanol–water partition coefficient (Wildman–Crippen LogP) is 4.35. The molecule has 0 amide bonds. The molecule has 1 N–H and O–H groups in total. The number of aromatic amines is 1. The van der Waals surface area contributed by atoms with Gasteiger partial charge in [0.05, 0.1) is 11.0 Å². The zero-order valence-electron chi connectivity index (χ0n) is 10.9. The van der Waals surface area contributed by atoms with E-state index in [2.05, 4.69) is 25.9 Å². The molecule has 3 aromatic rings. The maximum absolute atomic E-state index is 5.42. The van der Waals surface area contributed by atoms with E-state index in [9.17, 15) is 0 Å². The Morgan fingerprint density at radius 1 is 1.19 bits per heavy atom. The summed E-state index contributed by atoms with van der Waals surface area (Å²) < 4.78 is 11.8. The van der Waals surface area contributed by atoms with Gasteiger partial charge in [-0.05, 0) is 29.8 Å². The van der Waals surface area contributed by atoms with E-state index in [4.69, 9.17) is 9.47 Å². The largest absolute Gasteiger partial charge is 0.454 e. The number of rotatable bonds is 3. The second-order valence-corrected chi connectivity index (χ2v) is 6.46. The first-order valence-electron chi connectivity index (χ1n) is 6.45. The van der Waals surface area contributed by atoms with Crippen LogP contribution in [0.25, 0.3) is 11.0 Å². The summed E-state index contributed by atoms with van der Waals surface area (Å²) in [6, 6.07) is 12.0. The summed E-state index contributed by atoms with van der Waals surface area (Å²) in [4.78, 5) is 7.88. The third-order valence-corrected chi connectivity index (χ3v) is 4.93. The molecule has 0 spiro atoms. The second kappa shape index (κ2) is 5.27. The van der Waals surface area contributed by atoms with Crippen LogP contribution in [0.1, 0.15) is 5.56 Å². The molecule has 0 saturated heterocycles.